The number of aromatic amines is 1. The molecule has 4 N–H and O–H groups in total. The van der Waals surface area contributed by atoms with Crippen molar-refractivity contribution in [3.8, 4) is 0 Å². The number of hydrogen-bond donors (Lipinski definition) is 3. The van der Waals surface area contributed by atoms with E-state index in [1.54, 1.807) is 12.5 Å². The van der Waals surface area contributed by atoms with Crippen molar-refractivity contribution in [1.29, 1.82) is 0 Å². The van der Waals surface area contributed by atoms with E-state index in [2.05, 4.69) is 68.9 Å². The van der Waals surface area contributed by atoms with Crippen LogP contribution in [0.2, 0.25) is 0 Å². The average Bonchev–Trinajstić information content (AvgIpc) is 3.12. The molecule has 1 heterocycles. The molecule has 28 heavy (non-hydrogen) atoms. The lowest BCUT2D eigenvalue weighted by Crippen LogP contribution is -2.54. The molecule has 0 aliphatic heterocycles. The van der Waals surface area contributed by atoms with Crippen LogP contribution in [0.1, 0.15) is 66.0 Å². The molecular formula is C21H41N5O2. The van der Waals surface area contributed by atoms with Gasteiger partial charge in [0.05, 0.1) is 24.1 Å². The van der Waals surface area contributed by atoms with Gasteiger partial charge in [0.25, 0.3) is 0 Å². The van der Waals surface area contributed by atoms with Crippen molar-refractivity contribution in [3.63, 3.8) is 0 Å². The molecule has 7 heteroatoms. The zero-order chi connectivity index (χ0) is 21.4. The number of nitrogens with zero attached hydrogens (tertiary/aromatic N) is 2. The predicted molar refractivity (Wildman–Crippen MR) is 114 cm³/mol. The lowest BCUT2D eigenvalue weighted by Gasteiger charge is -2.38. The van der Waals surface area contributed by atoms with Gasteiger partial charge in [0, 0.05) is 30.4 Å². The highest BCUT2D eigenvalue weighted by atomic mass is 16.5. The highest BCUT2D eigenvalue weighted by Crippen LogP contribution is 2.27. The molecule has 1 rings (SSSR count). The third-order valence-electron chi connectivity index (χ3n) is 5.60. The molecule has 0 saturated heterocycles. The first-order valence-electron chi connectivity index (χ1n) is 10.4. The fourth-order valence-electron chi connectivity index (χ4n) is 3.34. The van der Waals surface area contributed by atoms with Crippen molar-refractivity contribution < 1.29 is 9.53 Å². The van der Waals surface area contributed by atoms with Gasteiger partial charge in [-0.15, -0.1) is 0 Å². The van der Waals surface area contributed by atoms with Crippen LogP contribution in [0.5, 0.6) is 0 Å². The number of amides is 1. The van der Waals surface area contributed by atoms with Gasteiger partial charge in [0.15, 0.2) is 0 Å². The van der Waals surface area contributed by atoms with Crippen molar-refractivity contribution in [2.24, 2.45) is 5.73 Å². The molecule has 7 nitrogen and oxygen atoms in total. The second-order valence-electron chi connectivity index (χ2n) is 8.78. The standard InChI is InChI=1S/C21H41N5O2/c1-8-20(4,25-19(27)18(22)12-17-14-23-15-24-17)13-16(3)28-21(5,9-2)10-11-26(6)7/h14-16,18H,8-13,22H2,1-7H3,(H,23,24)(H,25,27). The van der Waals surface area contributed by atoms with Gasteiger partial charge in [-0.25, -0.2) is 4.98 Å². The average molecular weight is 396 g/mol. The lowest BCUT2D eigenvalue weighted by molar-refractivity contribution is -0.126. The molecule has 0 saturated carbocycles. The summed E-state index contributed by atoms with van der Waals surface area (Å²) in [4.78, 5) is 21.8. The van der Waals surface area contributed by atoms with Gasteiger partial charge >= 0.3 is 0 Å². The van der Waals surface area contributed by atoms with Crippen molar-refractivity contribution in [3.05, 3.63) is 18.2 Å². The van der Waals surface area contributed by atoms with Crippen LogP contribution < -0.4 is 11.1 Å². The topological polar surface area (TPSA) is 96.3 Å². The van der Waals surface area contributed by atoms with Gasteiger partial charge in [-0.05, 0) is 60.5 Å². The van der Waals surface area contributed by atoms with Crippen molar-refractivity contribution in [1.82, 2.24) is 20.2 Å². The molecule has 1 amide bonds. The van der Waals surface area contributed by atoms with Crippen LogP contribution in [-0.4, -0.2) is 64.7 Å². The van der Waals surface area contributed by atoms with E-state index in [4.69, 9.17) is 10.5 Å². The van der Waals surface area contributed by atoms with Gasteiger partial charge in [-0.1, -0.05) is 13.8 Å². The third-order valence-corrected chi connectivity index (χ3v) is 5.60. The normalized spacial score (nSPS) is 18.3. The number of rotatable bonds is 13. The van der Waals surface area contributed by atoms with E-state index in [0.29, 0.717) is 6.42 Å². The van der Waals surface area contributed by atoms with Crippen LogP contribution >= 0.6 is 0 Å². The van der Waals surface area contributed by atoms with Gasteiger partial charge in [0.2, 0.25) is 5.91 Å². The van der Waals surface area contributed by atoms with Gasteiger partial charge in [-0.2, -0.15) is 0 Å². The number of aromatic nitrogens is 2. The number of carbonyl (C=O) groups is 1. The molecule has 4 unspecified atom stereocenters. The quantitative estimate of drug-likeness (QED) is 0.477. The summed E-state index contributed by atoms with van der Waals surface area (Å²) >= 11 is 0. The molecule has 0 spiro atoms. The van der Waals surface area contributed by atoms with E-state index in [-0.39, 0.29) is 23.2 Å². The molecular weight excluding hydrogens is 354 g/mol. The Kier molecular flexibility index (Phi) is 9.60. The predicted octanol–water partition coefficient (Wildman–Crippen LogP) is 2.48. The smallest absolute Gasteiger partial charge is 0.237 e. The Labute approximate surface area is 170 Å². The maximum Gasteiger partial charge on any atom is 0.237 e. The molecule has 0 aromatic carbocycles. The van der Waals surface area contributed by atoms with E-state index in [9.17, 15) is 4.79 Å². The summed E-state index contributed by atoms with van der Waals surface area (Å²) in [7, 11) is 4.16. The number of carbonyl (C=O) groups excluding carboxylic acids is 1. The van der Waals surface area contributed by atoms with Gasteiger partial charge in [0.1, 0.15) is 0 Å². The molecule has 0 radical (unpaired) electrons. The van der Waals surface area contributed by atoms with Crippen molar-refractivity contribution in [2.45, 2.75) is 90.0 Å². The van der Waals surface area contributed by atoms with E-state index in [1.807, 2.05) is 0 Å². The second kappa shape index (κ2) is 10.9. The largest absolute Gasteiger partial charge is 0.372 e. The number of H-pyrrole nitrogens is 1. The van der Waals surface area contributed by atoms with Crippen molar-refractivity contribution >= 4 is 5.91 Å². The summed E-state index contributed by atoms with van der Waals surface area (Å²) in [6, 6.07) is -0.608. The zero-order valence-corrected chi connectivity index (χ0v) is 18.8. The monoisotopic (exact) mass is 395 g/mol. The van der Waals surface area contributed by atoms with Crippen LogP contribution in [0, 0.1) is 0 Å². The maximum atomic E-state index is 12.6. The highest BCUT2D eigenvalue weighted by molar-refractivity contribution is 5.82. The number of ether oxygens (including phenoxy) is 1. The number of nitrogens with one attached hydrogen (secondary N) is 2. The van der Waals surface area contributed by atoms with Crippen LogP contribution in [0.3, 0.4) is 0 Å². The molecule has 0 aliphatic rings. The third kappa shape index (κ3) is 8.29. The second-order valence-corrected chi connectivity index (χ2v) is 8.78. The van der Waals surface area contributed by atoms with Crippen LogP contribution in [-0.2, 0) is 16.0 Å². The lowest BCUT2D eigenvalue weighted by atomic mass is 9.90. The molecule has 1 aromatic rings. The highest BCUT2D eigenvalue weighted by Gasteiger charge is 2.32. The summed E-state index contributed by atoms with van der Waals surface area (Å²) in [6.07, 6.45) is 7.24. The SMILES string of the molecule is CCC(C)(CC(C)OC(C)(CC)CCN(C)C)NC(=O)C(N)Cc1cnc[nH]1. The molecule has 4 atom stereocenters. The summed E-state index contributed by atoms with van der Waals surface area (Å²) < 4.78 is 6.44. The fourth-order valence-corrected chi connectivity index (χ4v) is 3.34. The van der Waals surface area contributed by atoms with Gasteiger partial charge in [-0.3, -0.25) is 4.79 Å². The van der Waals surface area contributed by atoms with E-state index in [0.717, 1.165) is 37.9 Å². The van der Waals surface area contributed by atoms with Gasteiger partial charge < -0.3 is 25.7 Å². The van der Waals surface area contributed by atoms with Crippen LogP contribution in [0.4, 0.5) is 0 Å². The molecule has 1 aromatic heterocycles. The minimum atomic E-state index is -0.608. The van der Waals surface area contributed by atoms with E-state index < -0.39 is 6.04 Å². The Bertz CT molecular complexity index is 577. The summed E-state index contributed by atoms with van der Waals surface area (Å²) in [6.45, 7) is 11.6. The Hall–Kier alpha value is -1.44. The zero-order valence-electron chi connectivity index (χ0n) is 18.8. The Morgan fingerprint density at radius 3 is 2.54 bits per heavy atom. The molecule has 0 fully saturated rings. The maximum absolute atomic E-state index is 12.6. The van der Waals surface area contributed by atoms with E-state index >= 15 is 0 Å². The minimum absolute atomic E-state index is 0.0289. The minimum Gasteiger partial charge on any atom is -0.372 e. The molecule has 0 aliphatic carbocycles. The van der Waals surface area contributed by atoms with Crippen LogP contribution in [0.15, 0.2) is 12.5 Å². The Morgan fingerprint density at radius 2 is 2.04 bits per heavy atom. The number of hydrogen-bond acceptors (Lipinski definition) is 5. The molecule has 162 valence electrons. The fraction of sp³-hybridized carbons (Fsp3) is 0.810. The first kappa shape index (κ1) is 24.6. The van der Waals surface area contributed by atoms with Crippen LogP contribution in [0.25, 0.3) is 0 Å². The number of imidazole rings is 1. The first-order valence-corrected chi connectivity index (χ1v) is 10.4. The Balaban J connectivity index is 2.64. The van der Waals surface area contributed by atoms with E-state index in [1.165, 1.54) is 0 Å². The van der Waals surface area contributed by atoms with Crippen molar-refractivity contribution in [2.75, 3.05) is 20.6 Å². The number of nitrogens with two attached hydrogens (primary N) is 1. The summed E-state index contributed by atoms with van der Waals surface area (Å²) in [5, 5.41) is 3.15. The Morgan fingerprint density at radius 1 is 1.36 bits per heavy atom. The molecule has 0 bridgehead atoms. The first-order chi connectivity index (χ1) is 13.0. The summed E-state index contributed by atoms with van der Waals surface area (Å²) in [5.74, 6) is -0.142. The summed E-state index contributed by atoms with van der Waals surface area (Å²) in [5.41, 5.74) is 6.42.